The number of allylic oxidation sites excluding steroid dienone is 2. The number of rotatable bonds is 34. The average molecular weight is 1060 g/mol. The van der Waals surface area contributed by atoms with Crippen LogP contribution in [0.3, 0.4) is 0 Å². The van der Waals surface area contributed by atoms with Crippen LogP contribution >= 0.6 is 35.2 Å². The summed E-state index contributed by atoms with van der Waals surface area (Å²) in [7, 11) is -16.4. The number of unbranched alkanes of at least 4 members (excludes halogenated alkanes) is 6. The Hall–Kier alpha value is -2.70. The Balaban J connectivity index is 1.29. The molecule has 2 aromatic heterocycles. The number of nitrogens with zero attached hydrogens (tertiary/aromatic N) is 4. The minimum atomic E-state index is -5.58. The number of carbonyl (C=O) groups is 3. The van der Waals surface area contributed by atoms with Crippen molar-refractivity contribution in [2.45, 2.75) is 149 Å². The number of anilines is 1. The number of aromatic nitrogens is 4. The van der Waals surface area contributed by atoms with Crippen molar-refractivity contribution < 1.29 is 80.5 Å². The molecule has 1 aliphatic heterocycles. The summed E-state index contributed by atoms with van der Waals surface area (Å²) in [6.45, 7) is 7.40. The quantitative estimate of drug-likeness (QED) is 0.0247. The van der Waals surface area contributed by atoms with Gasteiger partial charge in [-0.25, -0.2) is 28.6 Å². The molecule has 10 N–H and O–H groups in total. The van der Waals surface area contributed by atoms with Gasteiger partial charge in [-0.3, -0.25) is 32.5 Å². The van der Waals surface area contributed by atoms with E-state index in [2.05, 4.69) is 67.3 Å². The molecule has 1 fully saturated rings. The summed E-state index contributed by atoms with van der Waals surface area (Å²) in [5, 5.41) is 26.7. The number of hydrogen-bond acceptors (Lipinski definition) is 18. The first-order valence-corrected chi connectivity index (χ1v) is 28.5. The lowest BCUT2D eigenvalue weighted by Crippen LogP contribution is -2.46. The maximum atomic E-state index is 12.8. The number of aliphatic hydroxyl groups excluding tert-OH is 2. The molecular formula is C41H72N7O17P3S. The minimum absolute atomic E-state index is 0.0330. The van der Waals surface area contributed by atoms with Crippen molar-refractivity contribution in [3.8, 4) is 0 Å². The van der Waals surface area contributed by atoms with Gasteiger partial charge in [-0.1, -0.05) is 103 Å². The summed E-state index contributed by atoms with van der Waals surface area (Å²) in [5.74, 6) is 0.430. The zero-order chi connectivity index (χ0) is 51.4. The minimum Gasteiger partial charge on any atom is -0.386 e. The normalized spacial score (nSPS) is 20.5. The molecule has 8 atom stereocenters. The van der Waals surface area contributed by atoms with Crippen molar-refractivity contribution in [3.05, 3.63) is 24.8 Å². The highest BCUT2D eigenvalue weighted by Gasteiger charge is 2.50. The van der Waals surface area contributed by atoms with E-state index in [-0.39, 0.29) is 41.6 Å². The fourth-order valence-electron chi connectivity index (χ4n) is 7.04. The topological polar surface area (TPSA) is 364 Å². The number of phosphoric acid groups is 3. The van der Waals surface area contributed by atoms with Crippen molar-refractivity contribution in [2.24, 2.45) is 17.3 Å². The molecule has 1 aliphatic rings. The molecule has 0 saturated carbocycles. The zero-order valence-electron chi connectivity index (χ0n) is 39.9. The summed E-state index contributed by atoms with van der Waals surface area (Å²) in [4.78, 5) is 88.5. The van der Waals surface area contributed by atoms with E-state index in [4.69, 9.17) is 19.5 Å². The number of hydrogen-bond donors (Lipinski definition) is 9. The van der Waals surface area contributed by atoms with E-state index in [1.165, 1.54) is 52.4 Å². The third-order valence-corrected chi connectivity index (χ3v) is 15.0. The summed E-state index contributed by atoms with van der Waals surface area (Å²) >= 11 is 1.15. The van der Waals surface area contributed by atoms with Gasteiger partial charge >= 0.3 is 23.5 Å². The van der Waals surface area contributed by atoms with Gasteiger partial charge < -0.3 is 50.9 Å². The Labute approximate surface area is 407 Å². The molecule has 28 heteroatoms. The number of nitrogens with two attached hydrogens (primary N) is 1. The van der Waals surface area contributed by atoms with Crippen LogP contribution in [-0.2, 0) is 50.7 Å². The van der Waals surface area contributed by atoms with Gasteiger partial charge in [0.15, 0.2) is 22.8 Å². The summed E-state index contributed by atoms with van der Waals surface area (Å²) in [6.07, 6.45) is 10.8. The Bertz CT molecular complexity index is 2110. The van der Waals surface area contributed by atoms with Crippen LogP contribution in [0.4, 0.5) is 5.82 Å². The molecule has 0 aliphatic carbocycles. The number of aliphatic hydroxyl groups is 2. The molecule has 1 saturated heterocycles. The van der Waals surface area contributed by atoms with Crippen LogP contribution in [0.15, 0.2) is 24.8 Å². The van der Waals surface area contributed by atoms with Gasteiger partial charge in [-0.15, -0.1) is 0 Å². The van der Waals surface area contributed by atoms with Crippen molar-refractivity contribution in [1.29, 1.82) is 0 Å². The Morgan fingerprint density at radius 2 is 1.59 bits per heavy atom. The number of thioether (sulfide) groups is 1. The van der Waals surface area contributed by atoms with Gasteiger partial charge in [0.1, 0.15) is 36.3 Å². The maximum absolute atomic E-state index is 12.8. The van der Waals surface area contributed by atoms with Crippen LogP contribution in [0.2, 0.25) is 0 Å². The SMILES string of the molecule is CC(C)CCCC=CCC(C)CCCCCCCCC(=O)SCCNC(=O)CCNC(=O)[C@H](O)C(C)(C)COP(=O)(O)OP(=O)(O)OC[C@H]1O[C@@H](n2cnc3c(N)ncnc32)[C@H](O)[C@@H]1OP(=O)(O)O. The molecule has 24 nitrogen and oxygen atoms in total. The number of fused-ring (bicyclic) bond motifs is 1. The average Bonchev–Trinajstić information content (AvgIpc) is 3.82. The second-order valence-corrected chi connectivity index (χ2v) is 23.5. The smallest absolute Gasteiger partial charge is 0.386 e. The first kappa shape index (κ1) is 60.6. The maximum Gasteiger partial charge on any atom is 0.481 e. The van der Waals surface area contributed by atoms with E-state index >= 15 is 0 Å². The van der Waals surface area contributed by atoms with E-state index in [1.54, 1.807) is 0 Å². The van der Waals surface area contributed by atoms with E-state index < -0.39 is 84.6 Å². The van der Waals surface area contributed by atoms with Crippen LogP contribution in [-0.4, -0.2) is 123 Å². The van der Waals surface area contributed by atoms with Crippen molar-refractivity contribution >= 4 is 69.1 Å². The number of nitrogen functional groups attached to an aromatic ring is 1. The zero-order valence-corrected chi connectivity index (χ0v) is 43.4. The number of phosphoric ester groups is 3. The molecule has 2 amide bonds. The fraction of sp³-hybridized carbons (Fsp3) is 0.756. The van der Waals surface area contributed by atoms with Crippen LogP contribution in [0.1, 0.15) is 124 Å². The molecular weight excluding hydrogens is 987 g/mol. The standard InChI is InChI=1S/C41H72N7O17P3S/c1-28(2)16-12-10-11-14-18-29(3)17-13-8-6-7-9-15-19-32(50)69-23-22-43-31(49)20-21-44-39(53)36(52)41(4,5)25-62-68(59,60)65-67(57,58)61-24-30-35(64-66(54,55)56)34(51)40(63-30)48-27-47-33-37(42)45-26-46-38(33)48/h11,14,26-30,34-36,40,51-52H,6-10,12-13,15-25H2,1-5H3,(H,43,49)(H,44,53)(H,57,58)(H,59,60)(H2,42,45,46)(H2,54,55,56)/t29?,30-,34-,35-,36+,40-/m1/s1. The van der Waals surface area contributed by atoms with E-state index in [1.807, 2.05) is 0 Å². The van der Waals surface area contributed by atoms with Gasteiger partial charge in [-0.2, -0.15) is 4.31 Å². The highest BCUT2D eigenvalue weighted by molar-refractivity contribution is 8.13. The number of imidazole rings is 1. The first-order valence-electron chi connectivity index (χ1n) is 23.0. The largest absolute Gasteiger partial charge is 0.481 e. The summed E-state index contributed by atoms with van der Waals surface area (Å²) < 4.78 is 62.5. The van der Waals surface area contributed by atoms with E-state index in [0.29, 0.717) is 18.1 Å². The molecule has 0 aromatic carbocycles. The van der Waals surface area contributed by atoms with Crippen LogP contribution in [0.5, 0.6) is 0 Å². The Kier molecular flexibility index (Phi) is 25.6. The lowest BCUT2D eigenvalue weighted by atomic mass is 9.87. The number of nitrogens with one attached hydrogen (secondary N) is 2. The van der Waals surface area contributed by atoms with Gasteiger partial charge in [0.25, 0.3) is 0 Å². The number of carbonyl (C=O) groups excluding carboxylic acids is 3. The highest BCUT2D eigenvalue weighted by atomic mass is 32.2. The third-order valence-electron chi connectivity index (χ3n) is 11.0. The van der Waals surface area contributed by atoms with Gasteiger partial charge in [0.2, 0.25) is 11.8 Å². The van der Waals surface area contributed by atoms with E-state index in [0.717, 1.165) is 67.0 Å². The second kappa shape index (κ2) is 29.1. The van der Waals surface area contributed by atoms with Crippen molar-refractivity contribution in [3.63, 3.8) is 0 Å². The summed E-state index contributed by atoms with van der Waals surface area (Å²) in [5.41, 5.74) is 4.29. The lowest BCUT2D eigenvalue weighted by Gasteiger charge is -2.30. The van der Waals surface area contributed by atoms with Gasteiger partial charge in [0.05, 0.1) is 19.5 Å². The predicted octanol–water partition coefficient (Wildman–Crippen LogP) is 5.19. The van der Waals surface area contributed by atoms with Gasteiger partial charge in [0, 0.05) is 37.1 Å². The first-order chi connectivity index (χ1) is 32.3. The van der Waals surface area contributed by atoms with Gasteiger partial charge in [-0.05, 0) is 37.5 Å². The highest BCUT2D eigenvalue weighted by Crippen LogP contribution is 2.61. The number of amides is 2. The second-order valence-electron chi connectivity index (χ2n) is 18.1. The molecule has 2 aromatic rings. The van der Waals surface area contributed by atoms with Crippen molar-refractivity contribution in [2.75, 3.05) is 37.8 Å². The molecule has 3 heterocycles. The summed E-state index contributed by atoms with van der Waals surface area (Å²) in [6, 6.07) is 0. The molecule has 69 heavy (non-hydrogen) atoms. The molecule has 0 bridgehead atoms. The number of ether oxygens (including phenoxy) is 1. The fourth-order valence-corrected chi connectivity index (χ4v) is 10.6. The van der Waals surface area contributed by atoms with Crippen molar-refractivity contribution in [1.82, 2.24) is 30.2 Å². The molecule has 3 rings (SSSR count). The Morgan fingerprint density at radius 3 is 2.29 bits per heavy atom. The monoisotopic (exact) mass is 1060 g/mol. The lowest BCUT2D eigenvalue weighted by molar-refractivity contribution is -0.137. The molecule has 0 radical (unpaired) electrons. The molecule has 0 spiro atoms. The van der Waals surface area contributed by atoms with Crippen LogP contribution in [0, 0.1) is 17.3 Å². The van der Waals surface area contributed by atoms with E-state index in [9.17, 15) is 57.9 Å². The van der Waals surface area contributed by atoms with Crippen LogP contribution in [0.25, 0.3) is 11.2 Å². The Morgan fingerprint density at radius 1 is 0.913 bits per heavy atom. The van der Waals surface area contributed by atoms with Crippen LogP contribution < -0.4 is 16.4 Å². The predicted molar refractivity (Wildman–Crippen MR) is 256 cm³/mol. The molecule has 3 unspecified atom stereocenters. The third kappa shape index (κ3) is 22.7. The molecule has 394 valence electrons.